The number of carbonyl (C=O) groups is 1. The zero-order chi connectivity index (χ0) is 19.6. The fraction of sp³-hybridized carbons (Fsp3) is 0.353. The first-order valence-electron chi connectivity index (χ1n) is 8.22. The number of fused-ring (bicyclic) bond motifs is 1. The van der Waals surface area contributed by atoms with Crippen LogP contribution in [0.1, 0.15) is 23.7 Å². The maximum absolute atomic E-state index is 10.9. The standard InChI is InChI=1S/C17H19ClN6O3/c1-9-6-20-12(10(2)14(9)27-5-4-26-11(3)25)7-24-8-21-13-15(18)22-17(19)23-16(13)24/h6,8H,4-5,7H2,1-3H3,(H2,19,22,23). The molecule has 0 radical (unpaired) electrons. The van der Waals surface area contributed by atoms with Crippen molar-refractivity contribution in [1.82, 2.24) is 24.5 Å². The summed E-state index contributed by atoms with van der Waals surface area (Å²) in [6, 6.07) is 0. The van der Waals surface area contributed by atoms with Gasteiger partial charge in [-0.1, -0.05) is 11.6 Å². The van der Waals surface area contributed by atoms with Crippen LogP contribution in [0.2, 0.25) is 5.15 Å². The van der Waals surface area contributed by atoms with Crippen molar-refractivity contribution < 1.29 is 14.3 Å². The number of aromatic nitrogens is 5. The van der Waals surface area contributed by atoms with Crippen molar-refractivity contribution in [3.8, 4) is 5.75 Å². The van der Waals surface area contributed by atoms with Crippen LogP contribution in [0.15, 0.2) is 12.5 Å². The number of hydrogen-bond acceptors (Lipinski definition) is 8. The average molecular weight is 391 g/mol. The molecule has 0 saturated carbocycles. The predicted molar refractivity (Wildman–Crippen MR) is 99.7 cm³/mol. The zero-order valence-electron chi connectivity index (χ0n) is 15.2. The average Bonchev–Trinajstić information content (AvgIpc) is 2.99. The van der Waals surface area contributed by atoms with Crippen molar-refractivity contribution >= 4 is 34.7 Å². The molecule has 0 aliphatic heterocycles. The van der Waals surface area contributed by atoms with Crippen LogP contribution >= 0.6 is 11.6 Å². The fourth-order valence-electron chi connectivity index (χ4n) is 2.67. The molecule has 3 rings (SSSR count). The number of aryl methyl sites for hydroxylation is 1. The monoisotopic (exact) mass is 390 g/mol. The molecule has 0 bridgehead atoms. The molecule has 3 aromatic rings. The minimum Gasteiger partial charge on any atom is -0.489 e. The number of nitrogen functional groups attached to an aromatic ring is 1. The highest BCUT2D eigenvalue weighted by atomic mass is 35.5. The number of rotatable bonds is 6. The number of hydrogen-bond donors (Lipinski definition) is 1. The molecule has 10 heteroatoms. The number of anilines is 1. The van der Waals surface area contributed by atoms with Gasteiger partial charge in [0.2, 0.25) is 5.95 Å². The summed E-state index contributed by atoms with van der Waals surface area (Å²) in [7, 11) is 0. The lowest BCUT2D eigenvalue weighted by molar-refractivity contribution is -0.141. The molecular formula is C17H19ClN6O3. The molecule has 0 spiro atoms. The minimum atomic E-state index is -0.339. The molecule has 9 nitrogen and oxygen atoms in total. The van der Waals surface area contributed by atoms with Gasteiger partial charge < -0.3 is 19.8 Å². The molecular weight excluding hydrogens is 372 g/mol. The van der Waals surface area contributed by atoms with Crippen molar-refractivity contribution in [1.29, 1.82) is 0 Å². The summed E-state index contributed by atoms with van der Waals surface area (Å²) in [4.78, 5) is 27.7. The largest absolute Gasteiger partial charge is 0.489 e. The number of esters is 1. The second-order valence-electron chi connectivity index (χ2n) is 5.95. The number of nitrogens with two attached hydrogens (primary N) is 1. The Kier molecular flexibility index (Phi) is 5.41. The van der Waals surface area contributed by atoms with Gasteiger partial charge in [-0.3, -0.25) is 9.78 Å². The third-order valence-corrected chi connectivity index (χ3v) is 4.20. The normalized spacial score (nSPS) is 11.0. The summed E-state index contributed by atoms with van der Waals surface area (Å²) in [5, 5.41) is 0.208. The van der Waals surface area contributed by atoms with Crippen molar-refractivity contribution in [3.63, 3.8) is 0 Å². The first kappa shape index (κ1) is 18.8. The lowest BCUT2D eigenvalue weighted by atomic mass is 10.1. The summed E-state index contributed by atoms with van der Waals surface area (Å²) >= 11 is 6.07. The van der Waals surface area contributed by atoms with Gasteiger partial charge in [-0.25, -0.2) is 4.98 Å². The van der Waals surface area contributed by atoms with Crippen molar-refractivity contribution in [2.24, 2.45) is 0 Å². The zero-order valence-corrected chi connectivity index (χ0v) is 15.9. The molecule has 2 N–H and O–H groups in total. The molecule has 0 fully saturated rings. The molecule has 27 heavy (non-hydrogen) atoms. The number of imidazole rings is 1. The molecule has 0 saturated heterocycles. The van der Waals surface area contributed by atoms with Gasteiger partial charge in [0.25, 0.3) is 0 Å². The Labute approximate surface area is 160 Å². The highest BCUT2D eigenvalue weighted by Crippen LogP contribution is 2.26. The van der Waals surface area contributed by atoms with E-state index in [2.05, 4.69) is 19.9 Å². The van der Waals surface area contributed by atoms with Gasteiger partial charge >= 0.3 is 5.97 Å². The van der Waals surface area contributed by atoms with E-state index in [-0.39, 0.29) is 30.3 Å². The lowest BCUT2D eigenvalue weighted by Gasteiger charge is -2.15. The Morgan fingerprint density at radius 2 is 2.04 bits per heavy atom. The van der Waals surface area contributed by atoms with Crippen molar-refractivity contribution in [3.05, 3.63) is 34.5 Å². The van der Waals surface area contributed by atoms with Gasteiger partial charge in [0.15, 0.2) is 10.8 Å². The van der Waals surface area contributed by atoms with Gasteiger partial charge in [-0.15, -0.1) is 0 Å². The first-order valence-corrected chi connectivity index (χ1v) is 8.59. The quantitative estimate of drug-likeness (QED) is 0.386. The highest BCUT2D eigenvalue weighted by Gasteiger charge is 2.15. The lowest BCUT2D eigenvalue weighted by Crippen LogP contribution is -2.12. The Hall–Kier alpha value is -2.94. The van der Waals surface area contributed by atoms with Crippen LogP contribution in [-0.2, 0) is 16.1 Å². The van der Waals surface area contributed by atoms with Crippen LogP contribution in [0.25, 0.3) is 11.2 Å². The molecule has 0 aliphatic carbocycles. The van der Waals surface area contributed by atoms with Gasteiger partial charge in [-0.2, -0.15) is 9.97 Å². The molecule has 0 atom stereocenters. The van der Waals surface area contributed by atoms with Crippen LogP contribution in [0.4, 0.5) is 5.95 Å². The van der Waals surface area contributed by atoms with E-state index in [1.165, 1.54) is 6.92 Å². The van der Waals surface area contributed by atoms with E-state index >= 15 is 0 Å². The smallest absolute Gasteiger partial charge is 0.302 e. The molecule has 0 aliphatic rings. The summed E-state index contributed by atoms with van der Waals surface area (Å²) in [5.41, 5.74) is 9.27. The molecule has 3 aromatic heterocycles. The SMILES string of the molecule is CC(=O)OCCOc1c(C)cnc(Cn2cnc3c(Cl)nc(N)nc32)c1C. The maximum atomic E-state index is 10.9. The summed E-state index contributed by atoms with van der Waals surface area (Å²) in [6.07, 6.45) is 3.35. The van der Waals surface area contributed by atoms with Crippen LogP contribution in [0.3, 0.4) is 0 Å². The van der Waals surface area contributed by atoms with Crippen LogP contribution in [0, 0.1) is 13.8 Å². The topological polar surface area (TPSA) is 118 Å². The summed E-state index contributed by atoms with van der Waals surface area (Å²) in [5.74, 6) is 0.454. The first-order chi connectivity index (χ1) is 12.9. The molecule has 0 aromatic carbocycles. The fourth-order valence-corrected chi connectivity index (χ4v) is 2.89. The third kappa shape index (κ3) is 4.08. The van der Waals surface area contributed by atoms with E-state index in [0.717, 1.165) is 16.8 Å². The van der Waals surface area contributed by atoms with Crippen LogP contribution < -0.4 is 10.5 Å². The van der Waals surface area contributed by atoms with Gasteiger partial charge in [-0.05, 0) is 13.8 Å². The van der Waals surface area contributed by atoms with Crippen molar-refractivity contribution in [2.45, 2.75) is 27.3 Å². The Morgan fingerprint density at radius 1 is 1.26 bits per heavy atom. The second-order valence-corrected chi connectivity index (χ2v) is 6.31. The number of pyridine rings is 1. The van der Waals surface area contributed by atoms with E-state index in [0.29, 0.717) is 23.5 Å². The van der Waals surface area contributed by atoms with E-state index in [9.17, 15) is 4.79 Å². The molecule has 0 amide bonds. The maximum Gasteiger partial charge on any atom is 0.302 e. The Balaban J connectivity index is 1.85. The highest BCUT2D eigenvalue weighted by molar-refractivity contribution is 6.33. The summed E-state index contributed by atoms with van der Waals surface area (Å²) < 4.78 is 12.5. The van der Waals surface area contributed by atoms with Gasteiger partial charge in [0, 0.05) is 24.2 Å². The van der Waals surface area contributed by atoms with Gasteiger partial charge in [0.1, 0.15) is 24.5 Å². The van der Waals surface area contributed by atoms with Crippen LogP contribution in [-0.4, -0.2) is 43.7 Å². The Bertz CT molecular complexity index is 1000. The predicted octanol–water partition coefficient (Wildman–Crippen LogP) is 2.06. The van der Waals surface area contributed by atoms with Crippen LogP contribution in [0.5, 0.6) is 5.75 Å². The second kappa shape index (κ2) is 7.75. The van der Waals surface area contributed by atoms with E-state index < -0.39 is 0 Å². The van der Waals surface area contributed by atoms with E-state index in [4.69, 9.17) is 26.8 Å². The molecule has 142 valence electrons. The molecule has 3 heterocycles. The number of nitrogens with zero attached hydrogens (tertiary/aromatic N) is 5. The number of ether oxygens (including phenoxy) is 2. The number of carbonyl (C=O) groups excluding carboxylic acids is 1. The third-order valence-electron chi connectivity index (χ3n) is 3.94. The minimum absolute atomic E-state index is 0.0809. The van der Waals surface area contributed by atoms with E-state index in [1.54, 1.807) is 17.1 Å². The van der Waals surface area contributed by atoms with E-state index in [1.807, 2.05) is 13.8 Å². The molecule has 0 unspecified atom stereocenters. The van der Waals surface area contributed by atoms with Gasteiger partial charge in [0.05, 0.1) is 18.6 Å². The summed E-state index contributed by atoms with van der Waals surface area (Å²) in [6.45, 7) is 6.05. The number of halogens is 1. The Morgan fingerprint density at radius 3 is 2.78 bits per heavy atom. The van der Waals surface area contributed by atoms with Crippen molar-refractivity contribution in [2.75, 3.05) is 18.9 Å².